The smallest absolute Gasteiger partial charge is 0.226 e. The lowest BCUT2D eigenvalue weighted by molar-refractivity contribution is -0.132. The summed E-state index contributed by atoms with van der Waals surface area (Å²) in [5, 5.41) is 3.64. The van der Waals surface area contributed by atoms with Gasteiger partial charge in [0.25, 0.3) is 0 Å². The van der Waals surface area contributed by atoms with E-state index < -0.39 is 0 Å². The van der Waals surface area contributed by atoms with Crippen molar-refractivity contribution in [1.82, 2.24) is 19.8 Å². The van der Waals surface area contributed by atoms with E-state index in [4.69, 9.17) is 4.98 Å². The standard InChI is InChI=1S/C28H40N6O/c35-27(21-23-9-4-3-5-10-23)33-19-13-25(14-20-33)34-18-8-11-24(22-34)30-28-29-15-12-26(31-28)32-16-6-1-2-7-17-32/h3-5,9-10,12,15,24-25H,1-2,6-8,11,13-14,16-22H2,(H,29,30,31). The van der Waals surface area contributed by atoms with E-state index in [0.29, 0.717) is 18.5 Å². The normalized spacial score (nSPS) is 22.6. The van der Waals surface area contributed by atoms with Crippen molar-refractivity contribution in [3.8, 4) is 0 Å². The molecular formula is C28H40N6O. The van der Waals surface area contributed by atoms with Gasteiger partial charge in [-0.1, -0.05) is 43.2 Å². The van der Waals surface area contributed by atoms with E-state index in [1.165, 1.54) is 32.1 Å². The maximum atomic E-state index is 12.8. The van der Waals surface area contributed by atoms with Crippen molar-refractivity contribution < 1.29 is 4.79 Å². The second-order valence-electron chi connectivity index (χ2n) is 10.4. The first kappa shape index (κ1) is 24.0. The van der Waals surface area contributed by atoms with Crippen LogP contribution in [0.4, 0.5) is 11.8 Å². The lowest BCUT2D eigenvalue weighted by Crippen LogP contribution is -2.52. The maximum absolute atomic E-state index is 12.8. The summed E-state index contributed by atoms with van der Waals surface area (Å²) in [5.41, 5.74) is 1.10. The largest absolute Gasteiger partial charge is 0.356 e. The van der Waals surface area contributed by atoms with E-state index in [1.807, 2.05) is 36.5 Å². The van der Waals surface area contributed by atoms with Gasteiger partial charge in [-0.15, -0.1) is 0 Å². The predicted octanol–water partition coefficient (Wildman–Crippen LogP) is 3.97. The molecule has 4 heterocycles. The van der Waals surface area contributed by atoms with Crippen molar-refractivity contribution in [3.63, 3.8) is 0 Å². The van der Waals surface area contributed by atoms with Gasteiger partial charge in [0.2, 0.25) is 11.9 Å². The van der Waals surface area contributed by atoms with E-state index >= 15 is 0 Å². The van der Waals surface area contributed by atoms with Gasteiger partial charge in [-0.25, -0.2) is 4.98 Å². The molecule has 0 aliphatic carbocycles. The molecule has 188 valence electrons. The molecular weight excluding hydrogens is 436 g/mol. The second-order valence-corrected chi connectivity index (χ2v) is 10.4. The number of hydrogen-bond acceptors (Lipinski definition) is 6. The molecule has 1 unspecified atom stereocenters. The van der Waals surface area contributed by atoms with Crippen LogP contribution in [-0.4, -0.2) is 77.0 Å². The van der Waals surface area contributed by atoms with Crippen molar-refractivity contribution in [3.05, 3.63) is 48.2 Å². The summed E-state index contributed by atoms with van der Waals surface area (Å²) in [6.07, 6.45) is 12.0. The number of likely N-dealkylation sites (tertiary alicyclic amines) is 2. The third-order valence-electron chi connectivity index (χ3n) is 7.89. The molecule has 3 saturated heterocycles. The molecule has 3 fully saturated rings. The Morgan fingerprint density at radius 2 is 1.66 bits per heavy atom. The molecule has 3 aliphatic rings. The Labute approximate surface area is 209 Å². The minimum atomic E-state index is 0.259. The highest BCUT2D eigenvalue weighted by Crippen LogP contribution is 2.24. The first-order chi connectivity index (χ1) is 17.2. The highest BCUT2D eigenvalue weighted by atomic mass is 16.2. The number of carbonyl (C=O) groups is 1. The number of amides is 1. The number of nitrogens with zero attached hydrogens (tertiary/aromatic N) is 5. The molecule has 5 rings (SSSR count). The fraction of sp³-hybridized carbons (Fsp3) is 0.607. The van der Waals surface area contributed by atoms with Gasteiger partial charge >= 0.3 is 0 Å². The Morgan fingerprint density at radius 1 is 0.886 bits per heavy atom. The summed E-state index contributed by atoms with van der Waals surface area (Å²) in [6.45, 7) is 6.10. The van der Waals surface area contributed by atoms with Gasteiger partial charge in [-0.3, -0.25) is 9.69 Å². The molecule has 7 nitrogen and oxygen atoms in total. The van der Waals surface area contributed by atoms with Crippen LogP contribution >= 0.6 is 0 Å². The van der Waals surface area contributed by atoms with Crippen molar-refractivity contribution in [2.45, 2.75) is 69.9 Å². The van der Waals surface area contributed by atoms with Gasteiger partial charge in [0.15, 0.2) is 0 Å². The van der Waals surface area contributed by atoms with Crippen LogP contribution in [0.25, 0.3) is 0 Å². The van der Waals surface area contributed by atoms with Crippen LogP contribution in [0.3, 0.4) is 0 Å². The summed E-state index contributed by atoms with van der Waals surface area (Å²) in [5.74, 6) is 2.08. The Hall–Kier alpha value is -2.67. The number of anilines is 2. The average molecular weight is 477 g/mol. The molecule has 1 N–H and O–H groups in total. The fourth-order valence-electron chi connectivity index (χ4n) is 5.90. The third-order valence-corrected chi connectivity index (χ3v) is 7.89. The van der Waals surface area contributed by atoms with Crippen molar-refractivity contribution >= 4 is 17.7 Å². The van der Waals surface area contributed by atoms with Crippen molar-refractivity contribution in [2.24, 2.45) is 0 Å². The SMILES string of the molecule is O=C(Cc1ccccc1)N1CCC(N2CCCC(Nc3nccc(N4CCCCCC4)n3)C2)CC1. The minimum Gasteiger partial charge on any atom is -0.356 e. The van der Waals surface area contributed by atoms with Crippen LogP contribution in [0.5, 0.6) is 0 Å². The Kier molecular flexibility index (Phi) is 8.14. The lowest BCUT2D eigenvalue weighted by atomic mass is 9.97. The van der Waals surface area contributed by atoms with E-state index in [9.17, 15) is 4.79 Å². The Morgan fingerprint density at radius 3 is 2.43 bits per heavy atom. The molecule has 0 bridgehead atoms. The van der Waals surface area contributed by atoms with Gasteiger partial charge in [0.1, 0.15) is 5.82 Å². The third kappa shape index (κ3) is 6.51. The first-order valence-electron chi connectivity index (χ1n) is 13.6. The topological polar surface area (TPSA) is 64.6 Å². The number of rotatable bonds is 6. The van der Waals surface area contributed by atoms with E-state index in [-0.39, 0.29) is 5.91 Å². The number of carbonyl (C=O) groups excluding carboxylic acids is 1. The van der Waals surface area contributed by atoms with Gasteiger partial charge in [0, 0.05) is 51.0 Å². The monoisotopic (exact) mass is 476 g/mol. The van der Waals surface area contributed by atoms with E-state index in [2.05, 4.69) is 31.1 Å². The summed E-state index contributed by atoms with van der Waals surface area (Å²) < 4.78 is 0. The van der Waals surface area contributed by atoms with Crippen LogP contribution in [0.2, 0.25) is 0 Å². The molecule has 7 heteroatoms. The Balaban J connectivity index is 1.11. The predicted molar refractivity (Wildman–Crippen MR) is 141 cm³/mol. The zero-order chi connectivity index (χ0) is 23.9. The van der Waals surface area contributed by atoms with Crippen LogP contribution in [0, 0.1) is 0 Å². The van der Waals surface area contributed by atoms with Gasteiger partial charge in [-0.2, -0.15) is 4.98 Å². The Bertz CT molecular complexity index is 937. The molecule has 3 aliphatic heterocycles. The number of piperidine rings is 2. The average Bonchev–Trinajstić information content (AvgIpc) is 3.20. The van der Waals surface area contributed by atoms with Crippen molar-refractivity contribution in [2.75, 3.05) is 49.5 Å². The summed E-state index contributed by atoms with van der Waals surface area (Å²) in [7, 11) is 0. The molecule has 2 aromatic rings. The van der Waals surface area contributed by atoms with Gasteiger partial charge < -0.3 is 15.1 Å². The zero-order valence-corrected chi connectivity index (χ0v) is 20.9. The molecule has 35 heavy (non-hydrogen) atoms. The van der Waals surface area contributed by atoms with Crippen LogP contribution in [-0.2, 0) is 11.2 Å². The molecule has 1 aromatic heterocycles. The van der Waals surface area contributed by atoms with E-state index in [1.54, 1.807) is 0 Å². The minimum absolute atomic E-state index is 0.259. The molecule has 0 saturated carbocycles. The van der Waals surface area contributed by atoms with Crippen LogP contribution in [0.15, 0.2) is 42.6 Å². The van der Waals surface area contributed by atoms with Crippen LogP contribution in [0.1, 0.15) is 56.9 Å². The lowest BCUT2D eigenvalue weighted by Gasteiger charge is -2.42. The molecule has 1 aromatic carbocycles. The molecule has 1 atom stereocenters. The molecule has 0 spiro atoms. The number of hydrogen-bond donors (Lipinski definition) is 1. The zero-order valence-electron chi connectivity index (χ0n) is 20.9. The van der Waals surface area contributed by atoms with E-state index in [0.717, 1.165) is 75.9 Å². The number of aromatic nitrogens is 2. The molecule has 0 radical (unpaired) electrons. The highest BCUT2D eigenvalue weighted by molar-refractivity contribution is 5.78. The van der Waals surface area contributed by atoms with Crippen molar-refractivity contribution in [1.29, 1.82) is 0 Å². The first-order valence-corrected chi connectivity index (χ1v) is 13.6. The highest BCUT2D eigenvalue weighted by Gasteiger charge is 2.30. The fourth-order valence-corrected chi connectivity index (χ4v) is 5.90. The quantitative estimate of drug-likeness (QED) is 0.681. The maximum Gasteiger partial charge on any atom is 0.226 e. The molecule has 1 amide bonds. The summed E-state index contributed by atoms with van der Waals surface area (Å²) in [4.78, 5) is 29.3. The summed E-state index contributed by atoms with van der Waals surface area (Å²) >= 11 is 0. The van der Waals surface area contributed by atoms with Gasteiger partial charge in [-0.05, 0) is 56.7 Å². The summed E-state index contributed by atoms with van der Waals surface area (Å²) in [6, 6.07) is 13.1. The second kappa shape index (κ2) is 11.8. The number of nitrogens with one attached hydrogen (secondary N) is 1. The van der Waals surface area contributed by atoms with Gasteiger partial charge in [0.05, 0.1) is 6.42 Å². The number of benzene rings is 1. The van der Waals surface area contributed by atoms with Crippen LogP contribution < -0.4 is 10.2 Å².